The number of nitrogens with zero attached hydrogens (tertiary/aromatic N) is 4. The minimum Gasteiger partial charge on any atom is -0.459 e. The summed E-state index contributed by atoms with van der Waals surface area (Å²) in [7, 11) is -3.31. The molecule has 2 aromatic heterocycles. The average Bonchev–Trinajstić information content (AvgIpc) is 3.23. The standard InChI is InChI=1S/C23H25F2N5O4S/c1-14-12-26-23(27-16-10-17(24)22(18(25)11-16)29-5-7-33-8-6-29)28-21(14)20-9-15-13-30(35(2,31)32)4-3-19(15)34-20/h9-12H,3-8,13H2,1-2H3,(H,26,27,28). The van der Waals surface area contributed by atoms with Crippen molar-refractivity contribution < 1.29 is 26.4 Å². The third-order valence-corrected chi connectivity index (χ3v) is 7.36. The second-order valence-corrected chi connectivity index (χ2v) is 10.6. The van der Waals surface area contributed by atoms with E-state index >= 15 is 0 Å². The summed E-state index contributed by atoms with van der Waals surface area (Å²) < 4.78 is 66.0. The molecule has 0 saturated carbocycles. The molecule has 0 bridgehead atoms. The highest BCUT2D eigenvalue weighted by atomic mass is 32.2. The number of nitrogens with one attached hydrogen (secondary N) is 1. The number of ether oxygens (including phenoxy) is 1. The number of halogens is 2. The van der Waals surface area contributed by atoms with Crippen molar-refractivity contribution >= 4 is 27.3 Å². The van der Waals surface area contributed by atoms with Crippen LogP contribution in [0.15, 0.2) is 28.8 Å². The molecule has 4 heterocycles. The molecular weight excluding hydrogens is 480 g/mol. The van der Waals surface area contributed by atoms with Crippen LogP contribution in [0.25, 0.3) is 11.5 Å². The Balaban J connectivity index is 1.40. The molecule has 0 atom stereocenters. The van der Waals surface area contributed by atoms with Gasteiger partial charge in [0.25, 0.3) is 0 Å². The topological polar surface area (TPSA) is 101 Å². The zero-order valence-corrected chi connectivity index (χ0v) is 20.2. The van der Waals surface area contributed by atoms with Gasteiger partial charge in [-0.2, -0.15) is 4.31 Å². The molecule has 35 heavy (non-hydrogen) atoms. The number of hydrogen-bond donors (Lipinski definition) is 1. The smallest absolute Gasteiger partial charge is 0.227 e. The van der Waals surface area contributed by atoms with Crippen LogP contribution < -0.4 is 10.2 Å². The number of hydrogen-bond acceptors (Lipinski definition) is 8. The van der Waals surface area contributed by atoms with E-state index in [0.717, 1.165) is 16.9 Å². The van der Waals surface area contributed by atoms with E-state index in [9.17, 15) is 17.2 Å². The van der Waals surface area contributed by atoms with Crippen molar-refractivity contribution in [2.45, 2.75) is 19.9 Å². The van der Waals surface area contributed by atoms with Crippen LogP contribution in [0.5, 0.6) is 0 Å². The first-order valence-electron chi connectivity index (χ1n) is 11.2. The van der Waals surface area contributed by atoms with Gasteiger partial charge in [0, 0.05) is 50.0 Å². The second-order valence-electron chi connectivity index (χ2n) is 8.64. The number of anilines is 3. The number of aryl methyl sites for hydroxylation is 1. The predicted octanol–water partition coefficient (Wildman–Crippen LogP) is 3.22. The number of aromatic nitrogens is 2. The van der Waals surface area contributed by atoms with Gasteiger partial charge in [0.1, 0.15) is 17.1 Å². The first-order valence-corrected chi connectivity index (χ1v) is 13.0. The maximum atomic E-state index is 14.8. The summed E-state index contributed by atoms with van der Waals surface area (Å²) in [5, 5.41) is 2.87. The van der Waals surface area contributed by atoms with Crippen LogP contribution in [0.3, 0.4) is 0 Å². The molecule has 1 aromatic carbocycles. The summed E-state index contributed by atoms with van der Waals surface area (Å²) in [4.78, 5) is 10.4. The SMILES string of the molecule is Cc1cnc(Nc2cc(F)c(N3CCOCC3)c(F)c2)nc1-c1cc2c(o1)CCN(S(C)(=O)=O)C2. The highest BCUT2D eigenvalue weighted by Gasteiger charge is 2.27. The maximum Gasteiger partial charge on any atom is 0.227 e. The van der Waals surface area contributed by atoms with Gasteiger partial charge in [-0.25, -0.2) is 27.2 Å². The van der Waals surface area contributed by atoms with Gasteiger partial charge in [0.15, 0.2) is 17.4 Å². The number of furan rings is 1. The average molecular weight is 506 g/mol. The molecule has 0 amide bonds. The molecule has 5 rings (SSSR count). The van der Waals surface area contributed by atoms with Crippen LogP contribution in [-0.4, -0.2) is 61.8 Å². The lowest BCUT2D eigenvalue weighted by atomic mass is 10.1. The Labute approximate surface area is 201 Å². The molecule has 2 aliphatic heterocycles. The highest BCUT2D eigenvalue weighted by molar-refractivity contribution is 7.88. The fourth-order valence-corrected chi connectivity index (χ4v) is 5.11. The van der Waals surface area contributed by atoms with Crippen LogP contribution in [0.4, 0.5) is 26.1 Å². The van der Waals surface area contributed by atoms with Crippen molar-refractivity contribution in [3.05, 3.63) is 52.9 Å². The molecule has 3 aromatic rings. The van der Waals surface area contributed by atoms with Crippen LogP contribution in [-0.2, 0) is 27.7 Å². The maximum absolute atomic E-state index is 14.8. The van der Waals surface area contributed by atoms with Crippen LogP contribution in [0, 0.1) is 18.6 Å². The van der Waals surface area contributed by atoms with Crippen molar-refractivity contribution in [1.29, 1.82) is 0 Å². The molecular formula is C23H25F2N5O4S. The zero-order valence-electron chi connectivity index (χ0n) is 19.3. The lowest BCUT2D eigenvalue weighted by Crippen LogP contribution is -2.37. The Morgan fingerprint density at radius 1 is 1.09 bits per heavy atom. The van der Waals surface area contributed by atoms with Gasteiger partial charge >= 0.3 is 0 Å². The summed E-state index contributed by atoms with van der Waals surface area (Å²) in [6.07, 6.45) is 3.24. The van der Waals surface area contributed by atoms with E-state index in [4.69, 9.17) is 9.15 Å². The molecule has 1 fully saturated rings. The van der Waals surface area contributed by atoms with Gasteiger partial charge in [-0.1, -0.05) is 0 Å². The van der Waals surface area contributed by atoms with Gasteiger partial charge in [-0.3, -0.25) is 0 Å². The third-order valence-electron chi connectivity index (χ3n) is 6.11. The molecule has 0 aliphatic carbocycles. The fourth-order valence-electron chi connectivity index (χ4n) is 4.31. The number of morpholine rings is 1. The van der Waals surface area contributed by atoms with Crippen molar-refractivity contribution in [1.82, 2.24) is 14.3 Å². The molecule has 0 radical (unpaired) electrons. The van der Waals surface area contributed by atoms with E-state index in [1.807, 2.05) is 6.92 Å². The summed E-state index contributed by atoms with van der Waals surface area (Å²) >= 11 is 0. The summed E-state index contributed by atoms with van der Waals surface area (Å²) in [6.45, 7) is 4.08. The predicted molar refractivity (Wildman–Crippen MR) is 126 cm³/mol. The zero-order chi connectivity index (χ0) is 24.7. The van der Waals surface area contributed by atoms with Crippen molar-refractivity contribution in [3.8, 4) is 11.5 Å². The van der Waals surface area contributed by atoms with Crippen LogP contribution in [0.2, 0.25) is 0 Å². The Morgan fingerprint density at radius 3 is 2.49 bits per heavy atom. The lowest BCUT2D eigenvalue weighted by molar-refractivity contribution is 0.122. The Kier molecular flexibility index (Phi) is 6.20. The van der Waals surface area contributed by atoms with Gasteiger partial charge in [-0.15, -0.1) is 0 Å². The number of sulfonamides is 1. The molecule has 12 heteroatoms. The van der Waals surface area contributed by atoms with E-state index in [1.165, 1.54) is 22.7 Å². The monoisotopic (exact) mass is 505 g/mol. The van der Waals surface area contributed by atoms with Crippen LogP contribution in [0.1, 0.15) is 16.9 Å². The van der Waals surface area contributed by atoms with Gasteiger partial charge in [0.05, 0.1) is 19.5 Å². The Bertz CT molecular complexity index is 1350. The normalized spacial score (nSPS) is 16.9. The highest BCUT2D eigenvalue weighted by Crippen LogP contribution is 2.32. The third kappa shape index (κ3) is 4.86. The molecule has 1 N–H and O–H groups in total. The van der Waals surface area contributed by atoms with Crippen molar-refractivity contribution in [2.75, 3.05) is 49.3 Å². The fraction of sp³-hybridized carbons (Fsp3) is 0.391. The molecule has 0 unspecified atom stereocenters. The van der Waals surface area contributed by atoms with E-state index in [0.29, 0.717) is 50.7 Å². The number of fused-ring (bicyclic) bond motifs is 1. The lowest BCUT2D eigenvalue weighted by Gasteiger charge is -2.29. The largest absolute Gasteiger partial charge is 0.459 e. The van der Waals surface area contributed by atoms with Gasteiger partial charge < -0.3 is 19.4 Å². The van der Waals surface area contributed by atoms with Crippen LogP contribution >= 0.6 is 0 Å². The second kappa shape index (κ2) is 9.17. The van der Waals surface area contributed by atoms with E-state index in [2.05, 4.69) is 15.3 Å². The minimum atomic E-state index is -3.31. The summed E-state index contributed by atoms with van der Waals surface area (Å²) in [5.74, 6) is -0.0222. The molecule has 186 valence electrons. The van der Waals surface area contributed by atoms with Crippen molar-refractivity contribution in [2.24, 2.45) is 0 Å². The summed E-state index contributed by atoms with van der Waals surface area (Å²) in [6, 6.07) is 4.20. The first-order chi connectivity index (χ1) is 16.7. The van der Waals surface area contributed by atoms with Gasteiger partial charge in [-0.05, 0) is 30.7 Å². The quantitative estimate of drug-likeness (QED) is 0.564. The number of rotatable bonds is 5. The summed E-state index contributed by atoms with van der Waals surface area (Å²) in [5.41, 5.74) is 2.13. The Morgan fingerprint density at radius 2 is 1.80 bits per heavy atom. The molecule has 0 spiro atoms. The minimum absolute atomic E-state index is 0.0753. The number of benzene rings is 1. The first kappa shape index (κ1) is 23.6. The van der Waals surface area contributed by atoms with E-state index in [-0.39, 0.29) is 23.9 Å². The molecule has 9 nitrogen and oxygen atoms in total. The van der Waals surface area contributed by atoms with Crippen molar-refractivity contribution in [3.63, 3.8) is 0 Å². The van der Waals surface area contributed by atoms with E-state index < -0.39 is 21.7 Å². The van der Waals surface area contributed by atoms with Gasteiger partial charge in [0.2, 0.25) is 16.0 Å². The molecule has 2 aliphatic rings. The van der Waals surface area contributed by atoms with E-state index in [1.54, 1.807) is 17.2 Å². The molecule has 1 saturated heterocycles. The Hall–Kier alpha value is -3.09.